The second kappa shape index (κ2) is 5.53. The summed E-state index contributed by atoms with van der Waals surface area (Å²) in [4.78, 5) is 12.7. The van der Waals surface area contributed by atoms with Gasteiger partial charge in [-0.15, -0.1) is 0 Å². The third-order valence-corrected chi connectivity index (χ3v) is 7.40. The smallest absolute Gasteiger partial charge is 0.312 e. The number of rotatable bonds is 5. The molecular weight excluding hydrogens is 272 g/mol. The molecule has 0 aliphatic heterocycles. The predicted molar refractivity (Wildman–Crippen MR) is 89.4 cm³/mol. The van der Waals surface area contributed by atoms with Gasteiger partial charge >= 0.3 is 5.97 Å². The van der Waals surface area contributed by atoms with E-state index in [1.165, 1.54) is 32.1 Å². The Bertz CT molecular complexity index is 411. The van der Waals surface area contributed by atoms with Crippen molar-refractivity contribution in [3.8, 4) is 0 Å². The van der Waals surface area contributed by atoms with Crippen LogP contribution in [0.5, 0.6) is 0 Å². The van der Waals surface area contributed by atoms with E-state index in [9.17, 15) is 4.79 Å². The van der Waals surface area contributed by atoms with E-state index >= 15 is 0 Å². The summed E-state index contributed by atoms with van der Waals surface area (Å²) in [7, 11) is 0. The molecule has 4 aliphatic carbocycles. The highest BCUT2D eigenvalue weighted by atomic mass is 16.6. The average Bonchev–Trinajstić information content (AvgIpc) is 2.45. The number of carbonyl (C=O) groups is 1. The maximum absolute atomic E-state index is 12.7. The Kier molecular flexibility index (Phi) is 4.10. The van der Waals surface area contributed by atoms with Gasteiger partial charge in [-0.2, -0.15) is 0 Å². The van der Waals surface area contributed by atoms with Crippen LogP contribution in [0, 0.1) is 35.0 Å². The second-order valence-corrected chi connectivity index (χ2v) is 9.25. The zero-order valence-electron chi connectivity index (χ0n) is 15.2. The van der Waals surface area contributed by atoms with E-state index in [0.717, 1.165) is 36.5 Å². The van der Waals surface area contributed by atoms with Crippen molar-refractivity contribution in [2.45, 2.75) is 85.2 Å². The topological polar surface area (TPSA) is 26.3 Å². The Morgan fingerprint density at radius 3 is 1.82 bits per heavy atom. The monoisotopic (exact) mass is 306 g/mol. The van der Waals surface area contributed by atoms with Crippen LogP contribution < -0.4 is 0 Å². The third-order valence-electron chi connectivity index (χ3n) is 7.40. The van der Waals surface area contributed by atoms with Crippen molar-refractivity contribution in [2.75, 3.05) is 0 Å². The van der Waals surface area contributed by atoms with E-state index in [2.05, 4.69) is 20.8 Å². The van der Waals surface area contributed by atoms with Crippen LogP contribution in [-0.4, -0.2) is 11.6 Å². The minimum absolute atomic E-state index is 0.00755. The molecule has 1 atom stereocenters. The molecule has 2 nitrogen and oxygen atoms in total. The number of hydrogen-bond acceptors (Lipinski definition) is 2. The van der Waals surface area contributed by atoms with Crippen LogP contribution in [-0.2, 0) is 9.53 Å². The molecule has 126 valence electrons. The molecule has 0 spiro atoms. The molecule has 0 aromatic rings. The van der Waals surface area contributed by atoms with Crippen LogP contribution in [0.3, 0.4) is 0 Å². The van der Waals surface area contributed by atoms with Gasteiger partial charge in [0.05, 0.1) is 5.41 Å². The van der Waals surface area contributed by atoms with Gasteiger partial charge in [0.2, 0.25) is 0 Å². The molecule has 0 aromatic carbocycles. The van der Waals surface area contributed by atoms with Crippen molar-refractivity contribution in [1.29, 1.82) is 0 Å². The lowest BCUT2D eigenvalue weighted by atomic mass is 9.48. The van der Waals surface area contributed by atoms with Crippen molar-refractivity contribution in [3.63, 3.8) is 0 Å². The van der Waals surface area contributed by atoms with Crippen LogP contribution in [0.4, 0.5) is 0 Å². The maximum atomic E-state index is 12.7. The van der Waals surface area contributed by atoms with Gasteiger partial charge in [0.1, 0.15) is 5.60 Å². The maximum Gasteiger partial charge on any atom is 0.312 e. The Hall–Kier alpha value is -0.530. The molecule has 1 unspecified atom stereocenters. The third kappa shape index (κ3) is 2.61. The molecule has 22 heavy (non-hydrogen) atoms. The first-order valence-electron chi connectivity index (χ1n) is 9.52. The van der Waals surface area contributed by atoms with E-state index in [-0.39, 0.29) is 17.0 Å². The minimum Gasteiger partial charge on any atom is -0.459 e. The van der Waals surface area contributed by atoms with Gasteiger partial charge in [0.25, 0.3) is 0 Å². The minimum atomic E-state index is -0.359. The van der Waals surface area contributed by atoms with Gasteiger partial charge in [-0.1, -0.05) is 13.8 Å². The van der Waals surface area contributed by atoms with Gasteiger partial charge < -0.3 is 4.74 Å². The van der Waals surface area contributed by atoms with Gasteiger partial charge in [-0.25, -0.2) is 0 Å². The van der Waals surface area contributed by atoms with Crippen LogP contribution in [0.1, 0.15) is 79.6 Å². The average molecular weight is 306 g/mol. The van der Waals surface area contributed by atoms with Crippen LogP contribution in [0.2, 0.25) is 0 Å². The summed E-state index contributed by atoms with van der Waals surface area (Å²) in [6.45, 7) is 10.5. The number of hydrogen-bond donors (Lipinski definition) is 0. The fraction of sp³-hybridized carbons (Fsp3) is 0.950. The van der Waals surface area contributed by atoms with Crippen molar-refractivity contribution in [3.05, 3.63) is 0 Å². The summed E-state index contributed by atoms with van der Waals surface area (Å²) >= 11 is 0. The zero-order valence-corrected chi connectivity index (χ0v) is 15.2. The highest BCUT2D eigenvalue weighted by molar-refractivity contribution is 5.76. The molecule has 4 bridgehead atoms. The Balaban J connectivity index is 1.79. The van der Waals surface area contributed by atoms with Crippen molar-refractivity contribution < 1.29 is 9.53 Å². The molecule has 0 saturated heterocycles. The molecule has 4 fully saturated rings. The Morgan fingerprint density at radius 1 is 0.909 bits per heavy atom. The predicted octanol–water partition coefficient (Wildman–Crippen LogP) is 5.21. The van der Waals surface area contributed by atoms with Gasteiger partial charge in [0, 0.05) is 5.92 Å². The van der Waals surface area contributed by atoms with E-state index in [0.29, 0.717) is 5.92 Å². The lowest BCUT2D eigenvalue weighted by Crippen LogP contribution is -2.55. The lowest BCUT2D eigenvalue weighted by Gasteiger charge is -2.58. The van der Waals surface area contributed by atoms with E-state index in [1.54, 1.807) is 0 Å². The van der Waals surface area contributed by atoms with Crippen molar-refractivity contribution in [1.82, 2.24) is 0 Å². The van der Waals surface area contributed by atoms with Gasteiger partial charge in [-0.05, 0) is 89.4 Å². The second-order valence-electron chi connectivity index (χ2n) is 9.25. The Labute approximate surface area is 136 Å². The fourth-order valence-electron chi connectivity index (χ4n) is 5.79. The number of ether oxygens (including phenoxy) is 1. The zero-order chi connectivity index (χ0) is 16.1. The van der Waals surface area contributed by atoms with Crippen molar-refractivity contribution >= 4 is 5.97 Å². The first-order valence-corrected chi connectivity index (χ1v) is 9.52. The molecule has 0 radical (unpaired) electrons. The molecule has 2 heteroatoms. The summed E-state index contributed by atoms with van der Waals surface area (Å²) in [5, 5.41) is 0. The first-order chi connectivity index (χ1) is 10.3. The number of esters is 1. The normalized spacial score (nSPS) is 39.6. The highest BCUT2D eigenvalue weighted by Crippen LogP contribution is 2.60. The first kappa shape index (κ1) is 16.3. The SMILES string of the molecule is CCC(C)(C)C(=O)OC(C)(CC)C1C2CC3CC(C2)CC1C3. The highest BCUT2D eigenvalue weighted by Gasteiger charge is 2.55. The summed E-state index contributed by atoms with van der Waals surface area (Å²) < 4.78 is 6.23. The van der Waals surface area contributed by atoms with Crippen LogP contribution in [0.15, 0.2) is 0 Å². The molecule has 0 N–H and O–H groups in total. The quantitative estimate of drug-likeness (QED) is 0.652. The summed E-state index contributed by atoms with van der Waals surface area (Å²) in [5.74, 6) is 4.16. The van der Waals surface area contributed by atoms with Crippen LogP contribution in [0.25, 0.3) is 0 Å². The molecule has 0 heterocycles. The molecule has 4 aliphatic rings. The van der Waals surface area contributed by atoms with E-state index in [1.807, 2.05) is 13.8 Å². The number of carbonyl (C=O) groups excluding carboxylic acids is 1. The fourth-order valence-corrected chi connectivity index (χ4v) is 5.79. The molecule has 4 rings (SSSR count). The largest absolute Gasteiger partial charge is 0.459 e. The van der Waals surface area contributed by atoms with Crippen LogP contribution >= 0.6 is 0 Å². The van der Waals surface area contributed by atoms with Gasteiger partial charge in [-0.3, -0.25) is 4.79 Å². The van der Waals surface area contributed by atoms with Gasteiger partial charge in [0.15, 0.2) is 0 Å². The summed E-state index contributed by atoms with van der Waals surface area (Å²) in [6, 6.07) is 0. The summed E-state index contributed by atoms with van der Waals surface area (Å²) in [6.07, 6.45) is 8.83. The van der Waals surface area contributed by atoms with E-state index < -0.39 is 0 Å². The lowest BCUT2D eigenvalue weighted by molar-refractivity contribution is -0.194. The molecule has 4 saturated carbocycles. The van der Waals surface area contributed by atoms with E-state index in [4.69, 9.17) is 4.74 Å². The Morgan fingerprint density at radius 2 is 1.41 bits per heavy atom. The molecule has 0 amide bonds. The molecule has 0 aromatic heterocycles. The summed E-state index contributed by atoms with van der Waals surface area (Å²) in [5.41, 5.74) is -0.617. The van der Waals surface area contributed by atoms with Crippen molar-refractivity contribution in [2.24, 2.45) is 35.0 Å². The standard InChI is InChI=1S/C20H34O2/c1-6-19(3,4)18(21)22-20(5,7-2)17-15-9-13-8-14(11-15)12-16(17)10-13/h13-17H,6-12H2,1-5H3. The molecular formula is C20H34O2.